The summed E-state index contributed by atoms with van der Waals surface area (Å²) in [6.45, 7) is 3.48. The van der Waals surface area contributed by atoms with Gasteiger partial charge in [-0.3, -0.25) is 0 Å². The van der Waals surface area contributed by atoms with Crippen LogP contribution in [0.25, 0.3) is 0 Å². The van der Waals surface area contributed by atoms with Gasteiger partial charge in [-0.05, 0) is 0 Å². The first-order valence-electron chi connectivity index (χ1n) is 7.24. The van der Waals surface area contributed by atoms with Crippen LogP contribution < -0.4 is 0 Å². The number of carbonyl (C=O) groups is 2. The summed E-state index contributed by atoms with van der Waals surface area (Å²) >= 11 is -3.77. The third kappa shape index (κ3) is 4.17. The normalized spacial score (nSPS) is 14.8. The van der Waals surface area contributed by atoms with Crippen LogP contribution in [0.4, 0.5) is 0 Å². The zero-order valence-corrected chi connectivity index (χ0v) is 16.8. The van der Waals surface area contributed by atoms with Gasteiger partial charge in [-0.25, -0.2) is 0 Å². The summed E-state index contributed by atoms with van der Waals surface area (Å²) in [6, 6.07) is 17.9. The third-order valence-electron chi connectivity index (χ3n) is 3.80. The number of benzene rings is 2. The molecule has 0 bridgehead atoms. The summed E-state index contributed by atoms with van der Waals surface area (Å²) in [5, 5.41) is 0. The van der Waals surface area contributed by atoms with E-state index in [4.69, 9.17) is 17.9 Å². The van der Waals surface area contributed by atoms with E-state index in [0.717, 1.165) is 0 Å². The summed E-state index contributed by atoms with van der Waals surface area (Å²) in [6.07, 6.45) is 0. The van der Waals surface area contributed by atoms with E-state index in [2.05, 4.69) is 0 Å². The molecule has 5 heteroatoms. The van der Waals surface area contributed by atoms with Gasteiger partial charge in [0.15, 0.2) is 0 Å². The molecule has 0 aliphatic heterocycles. The molecule has 0 aliphatic rings. The van der Waals surface area contributed by atoms with Crippen molar-refractivity contribution in [2.45, 2.75) is 21.8 Å². The number of hydrogen-bond acceptors (Lipinski definition) is 2. The molecule has 2 aromatic rings. The van der Waals surface area contributed by atoms with Crippen molar-refractivity contribution in [1.82, 2.24) is 0 Å². The number of Topliss-reactive ketones (excluding diaryl/α,β-unsaturated/α-hetero) is 2. The van der Waals surface area contributed by atoms with Crippen molar-refractivity contribution >= 4 is 45.4 Å². The molecular formula is C18H18Cl2O2Te. The second kappa shape index (κ2) is 7.81. The number of hydrogen-bond donors (Lipinski definition) is 0. The van der Waals surface area contributed by atoms with Crippen molar-refractivity contribution in [2.75, 3.05) is 0 Å². The van der Waals surface area contributed by atoms with Crippen molar-refractivity contribution in [1.29, 1.82) is 0 Å². The molecule has 2 aromatic carbocycles. The van der Waals surface area contributed by atoms with E-state index in [1.165, 1.54) is 0 Å². The molecule has 0 radical (unpaired) electrons. The van der Waals surface area contributed by atoms with Crippen molar-refractivity contribution in [3.05, 3.63) is 71.8 Å². The molecule has 0 aromatic heterocycles. The fourth-order valence-electron chi connectivity index (χ4n) is 2.27. The minimum atomic E-state index is -3.77. The molecule has 23 heavy (non-hydrogen) atoms. The zero-order chi connectivity index (χ0) is 17.0. The van der Waals surface area contributed by atoms with E-state index in [1.807, 2.05) is 12.1 Å². The molecule has 2 unspecified atom stereocenters. The average molecular weight is 465 g/mol. The second-order valence-electron chi connectivity index (χ2n) is 5.30. The van der Waals surface area contributed by atoms with Crippen LogP contribution in [0.2, 0.25) is 7.93 Å². The average Bonchev–Trinajstić information content (AvgIpc) is 2.60. The third-order valence-corrected chi connectivity index (χ3v) is 17.6. The summed E-state index contributed by atoms with van der Waals surface area (Å²) in [5.41, 5.74) is 1.16. The van der Waals surface area contributed by atoms with Crippen LogP contribution >= 0.6 is 17.9 Å². The van der Waals surface area contributed by atoms with Gasteiger partial charge >= 0.3 is 149 Å². The van der Waals surface area contributed by atoms with Gasteiger partial charge in [-0.2, -0.15) is 0 Å². The molecule has 0 saturated carbocycles. The van der Waals surface area contributed by atoms with E-state index < -0.39 is 23.9 Å². The fraction of sp³-hybridized carbons (Fsp3) is 0.222. The first-order valence-corrected chi connectivity index (χ1v) is 15.8. The molecule has 0 fully saturated rings. The molecule has 0 N–H and O–H groups in total. The van der Waals surface area contributed by atoms with Gasteiger partial charge in [-0.15, -0.1) is 0 Å². The van der Waals surface area contributed by atoms with Crippen molar-refractivity contribution in [3.8, 4) is 0 Å². The molecule has 0 saturated heterocycles. The molecule has 2 rings (SSSR count). The van der Waals surface area contributed by atoms with Gasteiger partial charge in [0.1, 0.15) is 0 Å². The van der Waals surface area contributed by atoms with E-state index in [9.17, 15) is 9.59 Å². The van der Waals surface area contributed by atoms with Crippen molar-refractivity contribution in [2.24, 2.45) is 0 Å². The Morgan fingerprint density at radius 1 is 0.739 bits per heavy atom. The van der Waals surface area contributed by atoms with Crippen LogP contribution in [0, 0.1) is 0 Å². The van der Waals surface area contributed by atoms with Gasteiger partial charge in [0.05, 0.1) is 0 Å². The molecule has 122 valence electrons. The van der Waals surface area contributed by atoms with Crippen LogP contribution in [-0.4, -0.2) is 27.5 Å². The Bertz CT molecular complexity index is 627. The van der Waals surface area contributed by atoms with Crippen LogP contribution in [0.1, 0.15) is 34.6 Å². The van der Waals surface area contributed by atoms with E-state index in [0.29, 0.717) is 11.1 Å². The monoisotopic (exact) mass is 466 g/mol. The maximum atomic E-state index is 12.6. The number of halogens is 2. The Morgan fingerprint density at radius 3 is 1.35 bits per heavy atom. The first-order chi connectivity index (χ1) is 10.9. The van der Waals surface area contributed by atoms with Gasteiger partial charge in [0, 0.05) is 0 Å². The van der Waals surface area contributed by atoms with Gasteiger partial charge in [0.2, 0.25) is 0 Å². The summed E-state index contributed by atoms with van der Waals surface area (Å²) < 4.78 is -1.04. The fourth-order valence-corrected chi connectivity index (χ4v) is 8.59. The Kier molecular flexibility index (Phi) is 6.28. The number of carbonyl (C=O) groups excluding carboxylic acids is 2. The molecule has 0 spiro atoms. The minimum absolute atomic E-state index is 0.0930. The van der Waals surface area contributed by atoms with Crippen molar-refractivity contribution < 1.29 is 9.59 Å². The van der Waals surface area contributed by atoms with Gasteiger partial charge in [0.25, 0.3) is 0 Å². The predicted molar refractivity (Wildman–Crippen MR) is 97.9 cm³/mol. The Labute approximate surface area is 148 Å². The van der Waals surface area contributed by atoms with Gasteiger partial charge < -0.3 is 0 Å². The van der Waals surface area contributed by atoms with E-state index >= 15 is 0 Å². The summed E-state index contributed by atoms with van der Waals surface area (Å²) in [5.74, 6) is -0.186. The Morgan fingerprint density at radius 2 is 1.04 bits per heavy atom. The van der Waals surface area contributed by atoms with Crippen LogP contribution in [0.5, 0.6) is 0 Å². The van der Waals surface area contributed by atoms with E-state index in [-0.39, 0.29) is 11.6 Å². The molecular weight excluding hydrogens is 447 g/mol. The molecule has 2 atom stereocenters. The standard InChI is InChI=1S/C18H18Cl2O2Te/c1-13(17(21)15-9-5-3-6-10-15)23(19,20)14(2)18(22)16-11-7-4-8-12-16/h3-14H,1-2H3. The number of rotatable bonds is 6. The zero-order valence-electron chi connectivity index (χ0n) is 12.9. The topological polar surface area (TPSA) is 34.1 Å². The van der Waals surface area contributed by atoms with Gasteiger partial charge in [-0.1, -0.05) is 0 Å². The SMILES string of the molecule is CC(C(=O)c1ccccc1)[Te](Cl)(Cl)C(C)C(=O)c1ccccc1. The van der Waals surface area contributed by atoms with Crippen LogP contribution in [-0.2, 0) is 0 Å². The quantitative estimate of drug-likeness (QED) is 0.421. The Hall–Kier alpha value is -0.850. The predicted octanol–water partition coefficient (Wildman–Crippen LogP) is 5.45. The van der Waals surface area contributed by atoms with E-state index in [1.54, 1.807) is 62.4 Å². The molecule has 0 aliphatic carbocycles. The summed E-state index contributed by atoms with van der Waals surface area (Å²) in [4.78, 5) is 25.2. The maximum absolute atomic E-state index is 12.6. The van der Waals surface area contributed by atoms with Crippen LogP contribution in [0.15, 0.2) is 60.7 Å². The Balaban J connectivity index is 2.22. The molecule has 0 amide bonds. The van der Waals surface area contributed by atoms with Crippen LogP contribution in [0.3, 0.4) is 0 Å². The second-order valence-corrected chi connectivity index (χ2v) is 20.4. The summed E-state index contributed by atoms with van der Waals surface area (Å²) in [7, 11) is 13.3. The molecule has 2 nitrogen and oxygen atoms in total. The number of ketones is 2. The first kappa shape index (κ1) is 18.5. The van der Waals surface area contributed by atoms with Crippen molar-refractivity contribution in [3.63, 3.8) is 0 Å². The molecule has 0 heterocycles.